The molecule has 6 aliphatic rings. The summed E-state index contributed by atoms with van der Waals surface area (Å²) in [6, 6.07) is 0.368. The van der Waals surface area contributed by atoms with Gasteiger partial charge in [-0.1, -0.05) is 19.3 Å². The van der Waals surface area contributed by atoms with Crippen molar-refractivity contribution in [3.05, 3.63) is 0 Å². The predicted molar refractivity (Wildman–Crippen MR) is 109 cm³/mol. The Bertz CT molecular complexity index is 548. The molecule has 2 unspecified atom stereocenters. The van der Waals surface area contributed by atoms with E-state index in [1.807, 2.05) is 0 Å². The summed E-state index contributed by atoms with van der Waals surface area (Å²) in [6.07, 6.45) is 16.0. The van der Waals surface area contributed by atoms with E-state index in [-0.39, 0.29) is 17.4 Å². The molecule has 4 nitrogen and oxygen atoms in total. The van der Waals surface area contributed by atoms with Gasteiger partial charge >= 0.3 is 0 Å². The van der Waals surface area contributed by atoms with Crippen molar-refractivity contribution in [3.8, 4) is 0 Å². The third-order valence-corrected chi connectivity index (χ3v) is 9.30. The van der Waals surface area contributed by atoms with E-state index < -0.39 is 0 Å². The van der Waals surface area contributed by atoms with E-state index in [0.29, 0.717) is 12.0 Å². The molecule has 3 aliphatic carbocycles. The van der Waals surface area contributed by atoms with Gasteiger partial charge in [-0.25, -0.2) is 0 Å². The maximum absolute atomic E-state index is 7.08. The number of nitrogens with two attached hydrogens (primary N) is 2. The zero-order valence-electron chi connectivity index (χ0n) is 17.3. The Morgan fingerprint density at radius 1 is 1.00 bits per heavy atom. The first-order chi connectivity index (χ1) is 13.0. The van der Waals surface area contributed by atoms with E-state index in [1.54, 1.807) is 0 Å². The number of nitrogens with one attached hydrogen (secondary N) is 1. The Morgan fingerprint density at radius 2 is 1.89 bits per heavy atom. The van der Waals surface area contributed by atoms with Crippen LogP contribution in [-0.4, -0.2) is 30.0 Å². The topological polar surface area (TPSA) is 73.3 Å². The second kappa shape index (κ2) is 6.97. The molecule has 6 rings (SSSR count). The lowest BCUT2D eigenvalue weighted by molar-refractivity contribution is -0.306. The van der Waals surface area contributed by atoms with Crippen LogP contribution in [0.1, 0.15) is 84.0 Å². The molecule has 0 radical (unpaired) electrons. The van der Waals surface area contributed by atoms with Crippen LogP contribution < -0.4 is 16.8 Å². The van der Waals surface area contributed by atoms with Gasteiger partial charge in [0.2, 0.25) is 0 Å². The van der Waals surface area contributed by atoms with Gasteiger partial charge in [0.1, 0.15) is 0 Å². The van der Waals surface area contributed by atoms with Crippen molar-refractivity contribution in [2.24, 2.45) is 41.1 Å². The third kappa shape index (κ3) is 3.29. The van der Waals surface area contributed by atoms with Crippen LogP contribution in [0.4, 0.5) is 0 Å². The summed E-state index contributed by atoms with van der Waals surface area (Å²) >= 11 is 0. The van der Waals surface area contributed by atoms with Crippen molar-refractivity contribution < 1.29 is 4.74 Å². The van der Waals surface area contributed by atoms with Gasteiger partial charge in [-0.15, -0.1) is 0 Å². The van der Waals surface area contributed by atoms with Gasteiger partial charge in [0.25, 0.3) is 0 Å². The highest BCUT2D eigenvalue weighted by Crippen LogP contribution is 2.61. The van der Waals surface area contributed by atoms with Crippen LogP contribution >= 0.6 is 0 Å². The van der Waals surface area contributed by atoms with Gasteiger partial charge < -0.3 is 21.5 Å². The number of rotatable bonds is 3. The second-order valence-corrected chi connectivity index (χ2v) is 11.2. The van der Waals surface area contributed by atoms with Gasteiger partial charge in [-0.05, 0) is 94.9 Å². The monoisotopic (exact) mass is 375 g/mol. The molecule has 6 fully saturated rings. The SMILES string of the molecule is C[C@@]12CCC[C@H]3C[C@@]([C@@H]4CCC[C@@H](CC5CCC(N)NC5)C4)(C[C@H](N)[C@@H]31)O2. The number of hydrogen-bond donors (Lipinski definition) is 3. The minimum atomic E-state index is 0.0647. The highest BCUT2D eigenvalue weighted by molar-refractivity contribution is 5.14. The highest BCUT2D eigenvalue weighted by atomic mass is 16.5. The van der Waals surface area contributed by atoms with Crippen LogP contribution in [0.5, 0.6) is 0 Å². The average molecular weight is 376 g/mol. The Kier molecular flexibility index (Phi) is 4.86. The largest absolute Gasteiger partial charge is 0.368 e. The Balaban J connectivity index is 1.29. The lowest BCUT2D eigenvalue weighted by Crippen LogP contribution is -2.71. The molecule has 4 heteroatoms. The normalized spacial score (nSPS) is 55.4. The molecule has 154 valence electrons. The van der Waals surface area contributed by atoms with E-state index in [9.17, 15) is 0 Å². The standard InChI is InChI=1S/C23H41N3O/c1-22-9-3-5-17-12-23(27-22,13-19(24)21(17)22)18-6-2-4-15(11-18)10-16-7-8-20(25)26-14-16/h15-21,26H,2-14,24-25H2,1H3/t15-,16?,17-,18+,19-,20?,21+,22+,23-/m0/s1. The van der Waals surface area contributed by atoms with Crippen molar-refractivity contribution in [1.82, 2.24) is 5.32 Å². The maximum Gasteiger partial charge on any atom is 0.0735 e. The minimum Gasteiger partial charge on any atom is -0.368 e. The quantitative estimate of drug-likeness (QED) is 0.705. The third-order valence-electron chi connectivity index (χ3n) is 9.30. The molecule has 0 aromatic carbocycles. The fourth-order valence-corrected chi connectivity index (χ4v) is 8.32. The summed E-state index contributed by atoms with van der Waals surface area (Å²) in [5.41, 5.74) is 13.0. The number of hydrogen-bond acceptors (Lipinski definition) is 4. The molecule has 3 aliphatic heterocycles. The van der Waals surface area contributed by atoms with E-state index >= 15 is 0 Å². The molecule has 0 amide bonds. The molecule has 5 N–H and O–H groups in total. The van der Waals surface area contributed by atoms with Crippen LogP contribution in [0.3, 0.4) is 0 Å². The Hall–Kier alpha value is -0.160. The average Bonchev–Trinajstić information content (AvgIpc) is 2.63. The van der Waals surface area contributed by atoms with Gasteiger partial charge in [-0.3, -0.25) is 0 Å². The fourth-order valence-electron chi connectivity index (χ4n) is 8.32. The van der Waals surface area contributed by atoms with Crippen LogP contribution in [0, 0.1) is 29.6 Å². The summed E-state index contributed by atoms with van der Waals surface area (Å²) in [6.45, 7) is 3.52. The molecular weight excluding hydrogens is 334 g/mol. The molecule has 3 saturated carbocycles. The molecule has 3 saturated heterocycles. The van der Waals surface area contributed by atoms with Crippen LogP contribution in [0.25, 0.3) is 0 Å². The van der Waals surface area contributed by atoms with Gasteiger partial charge in [0, 0.05) is 12.0 Å². The molecule has 4 bridgehead atoms. The van der Waals surface area contributed by atoms with Crippen molar-refractivity contribution in [3.63, 3.8) is 0 Å². The minimum absolute atomic E-state index is 0.0647. The Morgan fingerprint density at radius 3 is 2.67 bits per heavy atom. The smallest absolute Gasteiger partial charge is 0.0735 e. The zero-order valence-corrected chi connectivity index (χ0v) is 17.3. The Labute approximate surface area is 165 Å². The predicted octanol–water partition coefficient (Wildman–Crippen LogP) is 3.53. The fraction of sp³-hybridized carbons (Fsp3) is 1.00. The summed E-state index contributed by atoms with van der Waals surface area (Å²) in [5.74, 6) is 3.89. The molecule has 9 atom stereocenters. The van der Waals surface area contributed by atoms with Crippen molar-refractivity contribution in [1.29, 1.82) is 0 Å². The lowest BCUT2D eigenvalue weighted by Gasteiger charge is -2.66. The molecule has 0 spiro atoms. The second-order valence-electron chi connectivity index (χ2n) is 11.2. The van der Waals surface area contributed by atoms with Crippen molar-refractivity contribution in [2.45, 2.75) is 107 Å². The van der Waals surface area contributed by atoms with E-state index in [2.05, 4.69) is 12.2 Å². The molecular formula is C23H41N3O. The summed E-state index contributed by atoms with van der Waals surface area (Å²) in [7, 11) is 0. The summed E-state index contributed by atoms with van der Waals surface area (Å²) < 4.78 is 7.08. The molecule has 27 heavy (non-hydrogen) atoms. The first-order valence-corrected chi connectivity index (χ1v) is 11.9. The summed E-state index contributed by atoms with van der Waals surface area (Å²) in [5, 5.41) is 3.50. The van der Waals surface area contributed by atoms with Gasteiger partial charge in [-0.2, -0.15) is 0 Å². The number of piperidine rings is 1. The molecule has 0 aromatic heterocycles. The molecule has 3 heterocycles. The first-order valence-electron chi connectivity index (χ1n) is 11.9. The molecule has 0 aromatic rings. The number of ether oxygens (including phenoxy) is 1. The zero-order chi connectivity index (χ0) is 18.6. The summed E-state index contributed by atoms with van der Waals surface area (Å²) in [4.78, 5) is 0. The van der Waals surface area contributed by atoms with Crippen LogP contribution in [0.15, 0.2) is 0 Å². The van der Waals surface area contributed by atoms with Crippen LogP contribution in [0.2, 0.25) is 0 Å². The lowest BCUT2D eigenvalue weighted by atomic mass is 9.51. The first kappa shape index (κ1) is 18.8. The van der Waals surface area contributed by atoms with E-state index in [0.717, 1.165) is 43.1 Å². The van der Waals surface area contributed by atoms with E-state index in [4.69, 9.17) is 16.2 Å². The van der Waals surface area contributed by atoms with Crippen molar-refractivity contribution in [2.75, 3.05) is 6.54 Å². The number of fused-ring (bicyclic) bond motifs is 1. The maximum atomic E-state index is 7.08. The van der Waals surface area contributed by atoms with Crippen LogP contribution in [-0.2, 0) is 4.74 Å². The van der Waals surface area contributed by atoms with Crippen molar-refractivity contribution >= 4 is 0 Å². The van der Waals surface area contributed by atoms with E-state index in [1.165, 1.54) is 64.2 Å². The van der Waals surface area contributed by atoms with Gasteiger partial charge in [0.05, 0.1) is 17.4 Å². The highest BCUT2D eigenvalue weighted by Gasteiger charge is 2.63. The van der Waals surface area contributed by atoms with Gasteiger partial charge in [0.15, 0.2) is 0 Å².